The van der Waals surface area contributed by atoms with Crippen LogP contribution in [0.25, 0.3) is 5.69 Å². The maximum atomic E-state index is 12.4. The van der Waals surface area contributed by atoms with Crippen LogP contribution in [0, 0.1) is 6.92 Å². The molecule has 0 unspecified atom stereocenters. The molecule has 0 bridgehead atoms. The van der Waals surface area contributed by atoms with Gasteiger partial charge in [0.1, 0.15) is 0 Å². The Morgan fingerprint density at radius 2 is 1.95 bits per heavy atom. The number of carboxylic acid groups (broad SMARTS) is 1. The molecule has 1 aromatic heterocycles. The van der Waals surface area contributed by atoms with Gasteiger partial charge < -0.3 is 10.0 Å². The molecule has 6 heteroatoms. The van der Waals surface area contributed by atoms with Crippen LogP contribution in [-0.2, 0) is 4.79 Å². The number of amides is 1. The van der Waals surface area contributed by atoms with Gasteiger partial charge in [0.25, 0.3) is 5.91 Å². The zero-order chi connectivity index (χ0) is 16.1. The van der Waals surface area contributed by atoms with Crippen LogP contribution in [-0.4, -0.2) is 44.8 Å². The van der Waals surface area contributed by atoms with Crippen molar-refractivity contribution in [2.75, 3.05) is 13.1 Å². The maximum Gasteiger partial charge on any atom is 0.305 e. The van der Waals surface area contributed by atoms with E-state index >= 15 is 0 Å². The van der Waals surface area contributed by atoms with Crippen molar-refractivity contribution < 1.29 is 14.7 Å². The molecule has 1 N–H and O–H groups in total. The van der Waals surface area contributed by atoms with E-state index in [1.807, 2.05) is 32.2 Å². The van der Waals surface area contributed by atoms with Gasteiger partial charge in [0, 0.05) is 24.8 Å². The average Bonchev–Trinajstić information content (AvgIpc) is 2.94. The third kappa shape index (κ3) is 3.72. The fourth-order valence-corrected chi connectivity index (χ4v) is 2.13. The van der Waals surface area contributed by atoms with Gasteiger partial charge in [0.15, 0.2) is 0 Å². The van der Waals surface area contributed by atoms with Crippen molar-refractivity contribution in [3.63, 3.8) is 0 Å². The molecule has 0 aliphatic heterocycles. The molecule has 0 aliphatic carbocycles. The Kier molecular flexibility index (Phi) is 4.93. The lowest BCUT2D eigenvalue weighted by atomic mass is 10.1. The summed E-state index contributed by atoms with van der Waals surface area (Å²) in [7, 11) is 0. The summed E-state index contributed by atoms with van der Waals surface area (Å²) in [4.78, 5) is 24.5. The number of nitrogens with zero attached hydrogens (tertiary/aromatic N) is 3. The average molecular weight is 301 g/mol. The van der Waals surface area contributed by atoms with Gasteiger partial charge in [-0.15, -0.1) is 0 Å². The number of rotatable bonds is 6. The molecule has 0 atom stereocenters. The first-order chi connectivity index (χ1) is 10.5. The number of aryl methyl sites for hydroxylation is 1. The minimum absolute atomic E-state index is 0.0514. The van der Waals surface area contributed by atoms with Crippen molar-refractivity contribution in [2.45, 2.75) is 20.3 Å². The van der Waals surface area contributed by atoms with E-state index in [2.05, 4.69) is 5.10 Å². The fourth-order valence-electron chi connectivity index (χ4n) is 2.13. The molecule has 116 valence electrons. The first-order valence-corrected chi connectivity index (χ1v) is 7.14. The number of aliphatic carboxylic acids is 1. The van der Waals surface area contributed by atoms with Gasteiger partial charge in [0.05, 0.1) is 18.3 Å². The Bertz CT molecular complexity index is 662. The zero-order valence-electron chi connectivity index (χ0n) is 12.7. The Balaban J connectivity index is 2.11. The molecular weight excluding hydrogens is 282 g/mol. The van der Waals surface area contributed by atoms with E-state index in [1.165, 1.54) is 4.90 Å². The highest BCUT2D eigenvalue weighted by Gasteiger charge is 2.15. The highest BCUT2D eigenvalue weighted by Crippen LogP contribution is 2.12. The van der Waals surface area contributed by atoms with Crippen LogP contribution in [0.1, 0.15) is 29.3 Å². The normalized spacial score (nSPS) is 10.5. The van der Waals surface area contributed by atoms with E-state index in [1.54, 1.807) is 23.0 Å². The summed E-state index contributed by atoms with van der Waals surface area (Å²) in [5, 5.41) is 12.9. The summed E-state index contributed by atoms with van der Waals surface area (Å²) in [6, 6.07) is 7.12. The molecule has 1 amide bonds. The number of benzene rings is 1. The predicted octanol–water partition coefficient (Wildman–Crippen LogP) is 2.12. The van der Waals surface area contributed by atoms with Crippen molar-refractivity contribution in [1.29, 1.82) is 0 Å². The van der Waals surface area contributed by atoms with Crippen molar-refractivity contribution in [3.05, 3.63) is 47.8 Å². The minimum Gasteiger partial charge on any atom is -0.481 e. The van der Waals surface area contributed by atoms with Crippen LogP contribution in [0.2, 0.25) is 0 Å². The van der Waals surface area contributed by atoms with E-state index in [0.717, 1.165) is 11.3 Å². The Hall–Kier alpha value is -2.63. The van der Waals surface area contributed by atoms with Crippen LogP contribution in [0.3, 0.4) is 0 Å². The van der Waals surface area contributed by atoms with E-state index < -0.39 is 5.97 Å². The summed E-state index contributed by atoms with van der Waals surface area (Å²) in [5.74, 6) is -1.07. The second-order valence-electron chi connectivity index (χ2n) is 5.04. The largest absolute Gasteiger partial charge is 0.481 e. The SMILES string of the molecule is CCN(CCC(=O)O)C(=O)c1ccc(-n2cc(C)cn2)cc1. The summed E-state index contributed by atoms with van der Waals surface area (Å²) >= 11 is 0. The second-order valence-corrected chi connectivity index (χ2v) is 5.04. The molecule has 0 saturated carbocycles. The lowest BCUT2D eigenvalue weighted by molar-refractivity contribution is -0.137. The van der Waals surface area contributed by atoms with Crippen LogP contribution in [0.5, 0.6) is 0 Å². The predicted molar refractivity (Wildman–Crippen MR) is 82.1 cm³/mol. The number of hydrogen-bond donors (Lipinski definition) is 1. The van der Waals surface area contributed by atoms with Crippen LogP contribution >= 0.6 is 0 Å². The third-order valence-electron chi connectivity index (χ3n) is 3.36. The lowest BCUT2D eigenvalue weighted by Crippen LogP contribution is -2.32. The van der Waals surface area contributed by atoms with Crippen molar-refractivity contribution >= 4 is 11.9 Å². The molecule has 6 nitrogen and oxygen atoms in total. The first kappa shape index (κ1) is 15.8. The number of aromatic nitrogens is 2. The molecule has 0 spiro atoms. The molecule has 1 aromatic carbocycles. The van der Waals surface area contributed by atoms with Gasteiger partial charge in [-0.3, -0.25) is 9.59 Å². The van der Waals surface area contributed by atoms with E-state index in [4.69, 9.17) is 5.11 Å². The van der Waals surface area contributed by atoms with Crippen LogP contribution in [0.15, 0.2) is 36.7 Å². The van der Waals surface area contributed by atoms with Crippen LogP contribution < -0.4 is 0 Å². The summed E-state index contributed by atoms with van der Waals surface area (Å²) in [6.45, 7) is 4.49. The third-order valence-corrected chi connectivity index (χ3v) is 3.36. The smallest absolute Gasteiger partial charge is 0.305 e. The molecule has 22 heavy (non-hydrogen) atoms. The van der Waals surface area contributed by atoms with Crippen molar-refractivity contribution in [1.82, 2.24) is 14.7 Å². The summed E-state index contributed by atoms with van der Waals surface area (Å²) in [5.41, 5.74) is 2.48. The number of carbonyl (C=O) groups is 2. The standard InChI is InChI=1S/C16H19N3O3/c1-3-18(9-8-15(20)21)16(22)13-4-6-14(7-5-13)19-11-12(2)10-17-19/h4-7,10-11H,3,8-9H2,1-2H3,(H,20,21). The van der Waals surface area contributed by atoms with E-state index in [9.17, 15) is 9.59 Å². The van der Waals surface area contributed by atoms with E-state index in [-0.39, 0.29) is 18.9 Å². The maximum absolute atomic E-state index is 12.4. The molecule has 1 heterocycles. The van der Waals surface area contributed by atoms with E-state index in [0.29, 0.717) is 12.1 Å². The molecule has 0 fully saturated rings. The van der Waals surface area contributed by atoms with Crippen molar-refractivity contribution in [2.24, 2.45) is 0 Å². The highest BCUT2D eigenvalue weighted by molar-refractivity contribution is 5.94. The fraction of sp³-hybridized carbons (Fsp3) is 0.312. The zero-order valence-corrected chi connectivity index (χ0v) is 12.7. The van der Waals surface area contributed by atoms with Gasteiger partial charge in [-0.2, -0.15) is 5.10 Å². The Labute approximate surface area is 129 Å². The summed E-state index contributed by atoms with van der Waals surface area (Å²) in [6.07, 6.45) is 3.62. The minimum atomic E-state index is -0.907. The molecule has 0 saturated heterocycles. The lowest BCUT2D eigenvalue weighted by Gasteiger charge is -2.20. The van der Waals surface area contributed by atoms with Gasteiger partial charge >= 0.3 is 5.97 Å². The molecule has 2 aromatic rings. The van der Waals surface area contributed by atoms with Crippen LogP contribution in [0.4, 0.5) is 0 Å². The topological polar surface area (TPSA) is 75.4 Å². The van der Waals surface area contributed by atoms with Gasteiger partial charge in [-0.25, -0.2) is 4.68 Å². The first-order valence-electron chi connectivity index (χ1n) is 7.14. The van der Waals surface area contributed by atoms with Gasteiger partial charge in [0.2, 0.25) is 0 Å². The molecular formula is C16H19N3O3. The summed E-state index contributed by atoms with van der Waals surface area (Å²) < 4.78 is 1.74. The second kappa shape index (κ2) is 6.89. The van der Waals surface area contributed by atoms with Crippen molar-refractivity contribution in [3.8, 4) is 5.69 Å². The van der Waals surface area contributed by atoms with Gasteiger partial charge in [-0.05, 0) is 43.7 Å². The Morgan fingerprint density at radius 3 is 2.45 bits per heavy atom. The Morgan fingerprint density at radius 1 is 1.27 bits per heavy atom. The van der Waals surface area contributed by atoms with Gasteiger partial charge in [-0.1, -0.05) is 0 Å². The molecule has 0 radical (unpaired) electrons. The highest BCUT2D eigenvalue weighted by atomic mass is 16.4. The molecule has 0 aliphatic rings. The number of carboxylic acids is 1. The number of hydrogen-bond acceptors (Lipinski definition) is 3. The quantitative estimate of drug-likeness (QED) is 0.886. The molecule has 2 rings (SSSR count). The number of carbonyl (C=O) groups excluding carboxylic acids is 1. The monoisotopic (exact) mass is 301 g/mol.